The zero-order valence-electron chi connectivity index (χ0n) is 9.41. The van der Waals surface area contributed by atoms with Gasteiger partial charge in [-0.1, -0.05) is 0 Å². The molecule has 0 aromatic rings. The van der Waals surface area contributed by atoms with Crippen LogP contribution >= 0.6 is 11.8 Å². The van der Waals surface area contributed by atoms with Gasteiger partial charge in [-0.2, -0.15) is 11.8 Å². The number of hydrogen-bond acceptors (Lipinski definition) is 4. The minimum absolute atomic E-state index is 0.138. The summed E-state index contributed by atoms with van der Waals surface area (Å²) >= 11 is 1.45. The van der Waals surface area contributed by atoms with Crippen LogP contribution in [0.15, 0.2) is 0 Å². The zero-order chi connectivity index (χ0) is 11.9. The van der Waals surface area contributed by atoms with Crippen molar-refractivity contribution in [2.24, 2.45) is 0 Å². The molecule has 1 N–H and O–H groups in total. The van der Waals surface area contributed by atoms with E-state index in [0.29, 0.717) is 17.9 Å². The summed E-state index contributed by atoms with van der Waals surface area (Å²) in [6.45, 7) is 5.47. The highest BCUT2D eigenvalue weighted by molar-refractivity contribution is 7.99. The standard InChI is InChI=1S/C10H18O4S/c1-10(2,3)14-9(13)5-7-15-6-4-8(11)12/h4-7H2,1-3H3,(H,11,12). The molecule has 0 aliphatic heterocycles. The van der Waals surface area contributed by atoms with E-state index in [-0.39, 0.29) is 12.4 Å². The quantitative estimate of drug-likeness (QED) is 0.562. The van der Waals surface area contributed by atoms with Gasteiger partial charge in [0, 0.05) is 11.5 Å². The number of carboxylic acid groups (broad SMARTS) is 1. The molecule has 0 heterocycles. The predicted molar refractivity (Wildman–Crippen MR) is 60.0 cm³/mol. The first-order chi connectivity index (χ1) is 6.81. The van der Waals surface area contributed by atoms with Crippen molar-refractivity contribution >= 4 is 23.7 Å². The Balaban J connectivity index is 3.44. The second-order valence-electron chi connectivity index (χ2n) is 4.09. The van der Waals surface area contributed by atoms with Gasteiger partial charge in [0.05, 0.1) is 12.8 Å². The van der Waals surface area contributed by atoms with Crippen LogP contribution < -0.4 is 0 Å². The highest BCUT2D eigenvalue weighted by Crippen LogP contribution is 2.10. The molecule has 0 saturated heterocycles. The fourth-order valence-electron chi connectivity index (χ4n) is 0.810. The first kappa shape index (κ1) is 14.3. The first-order valence-corrected chi connectivity index (χ1v) is 5.98. The van der Waals surface area contributed by atoms with Crippen molar-refractivity contribution in [3.05, 3.63) is 0 Å². The molecular weight excluding hydrogens is 216 g/mol. The molecule has 0 spiro atoms. The Labute approximate surface area is 94.4 Å². The van der Waals surface area contributed by atoms with Crippen molar-refractivity contribution in [2.45, 2.75) is 39.2 Å². The fraction of sp³-hybridized carbons (Fsp3) is 0.800. The fourth-order valence-corrected chi connectivity index (χ4v) is 1.64. The topological polar surface area (TPSA) is 63.6 Å². The van der Waals surface area contributed by atoms with Crippen molar-refractivity contribution in [1.82, 2.24) is 0 Å². The molecule has 0 radical (unpaired) electrons. The minimum Gasteiger partial charge on any atom is -0.481 e. The molecule has 0 aromatic carbocycles. The molecular formula is C10H18O4S. The Hall–Kier alpha value is -0.710. The summed E-state index contributed by atoms with van der Waals surface area (Å²) in [6.07, 6.45) is 0.473. The lowest BCUT2D eigenvalue weighted by molar-refractivity contribution is -0.154. The number of ether oxygens (including phenoxy) is 1. The van der Waals surface area contributed by atoms with E-state index in [1.165, 1.54) is 11.8 Å². The highest BCUT2D eigenvalue weighted by Gasteiger charge is 2.15. The predicted octanol–water partition coefficient (Wildman–Crippen LogP) is 1.93. The Kier molecular flexibility index (Phi) is 6.40. The molecule has 88 valence electrons. The van der Waals surface area contributed by atoms with Crippen LogP contribution in [-0.2, 0) is 14.3 Å². The molecule has 0 saturated carbocycles. The molecule has 0 unspecified atom stereocenters. The molecule has 0 fully saturated rings. The second-order valence-corrected chi connectivity index (χ2v) is 5.32. The van der Waals surface area contributed by atoms with Gasteiger partial charge >= 0.3 is 11.9 Å². The van der Waals surface area contributed by atoms with Gasteiger partial charge in [0.1, 0.15) is 5.60 Å². The molecule has 4 nitrogen and oxygen atoms in total. The molecule has 0 atom stereocenters. The van der Waals surface area contributed by atoms with Crippen molar-refractivity contribution in [2.75, 3.05) is 11.5 Å². The number of carbonyl (C=O) groups is 2. The number of aliphatic carboxylic acids is 1. The first-order valence-electron chi connectivity index (χ1n) is 4.82. The Morgan fingerprint density at radius 3 is 2.20 bits per heavy atom. The van der Waals surface area contributed by atoms with E-state index in [2.05, 4.69) is 0 Å². The molecule has 0 bridgehead atoms. The van der Waals surface area contributed by atoms with Gasteiger partial charge in [-0.3, -0.25) is 9.59 Å². The van der Waals surface area contributed by atoms with Gasteiger partial charge in [0.25, 0.3) is 0 Å². The van der Waals surface area contributed by atoms with Gasteiger partial charge in [0.15, 0.2) is 0 Å². The third kappa shape index (κ3) is 11.2. The lowest BCUT2D eigenvalue weighted by atomic mass is 10.2. The summed E-state index contributed by atoms with van der Waals surface area (Å²) < 4.78 is 5.10. The molecule has 0 aromatic heterocycles. The van der Waals surface area contributed by atoms with Crippen LogP contribution in [0, 0.1) is 0 Å². The molecule has 0 aliphatic rings. The lowest BCUT2D eigenvalue weighted by Crippen LogP contribution is -2.24. The van der Waals surface area contributed by atoms with Gasteiger partial charge in [-0.15, -0.1) is 0 Å². The summed E-state index contributed by atoms with van der Waals surface area (Å²) in [7, 11) is 0. The van der Waals surface area contributed by atoms with E-state index < -0.39 is 11.6 Å². The summed E-state index contributed by atoms with van der Waals surface area (Å²) in [5.41, 5.74) is -0.442. The van der Waals surface area contributed by atoms with E-state index in [4.69, 9.17) is 9.84 Å². The Bertz CT molecular complexity index is 220. The van der Waals surface area contributed by atoms with Crippen LogP contribution in [0.2, 0.25) is 0 Å². The maximum absolute atomic E-state index is 11.2. The Morgan fingerprint density at radius 1 is 1.20 bits per heavy atom. The number of thioether (sulfide) groups is 1. The molecule has 5 heteroatoms. The SMILES string of the molecule is CC(C)(C)OC(=O)CCSCCC(=O)O. The van der Waals surface area contributed by atoms with Gasteiger partial charge in [0.2, 0.25) is 0 Å². The smallest absolute Gasteiger partial charge is 0.307 e. The monoisotopic (exact) mass is 234 g/mol. The molecule has 0 amide bonds. The van der Waals surface area contributed by atoms with Crippen molar-refractivity contribution in [3.63, 3.8) is 0 Å². The van der Waals surface area contributed by atoms with E-state index in [1.807, 2.05) is 20.8 Å². The normalized spacial score (nSPS) is 11.1. The van der Waals surface area contributed by atoms with Crippen molar-refractivity contribution in [1.29, 1.82) is 0 Å². The summed E-state index contributed by atoms with van der Waals surface area (Å²) in [5, 5.41) is 8.37. The molecule has 0 rings (SSSR count). The third-order valence-electron chi connectivity index (χ3n) is 1.33. The average molecular weight is 234 g/mol. The van der Waals surface area contributed by atoms with Gasteiger partial charge in [-0.25, -0.2) is 0 Å². The highest BCUT2D eigenvalue weighted by atomic mass is 32.2. The van der Waals surface area contributed by atoms with Crippen molar-refractivity contribution in [3.8, 4) is 0 Å². The van der Waals surface area contributed by atoms with Crippen LogP contribution in [0.1, 0.15) is 33.6 Å². The van der Waals surface area contributed by atoms with Crippen molar-refractivity contribution < 1.29 is 19.4 Å². The summed E-state index contributed by atoms with van der Waals surface area (Å²) in [4.78, 5) is 21.4. The molecule has 15 heavy (non-hydrogen) atoms. The number of hydrogen-bond donors (Lipinski definition) is 1. The van der Waals surface area contributed by atoms with Gasteiger partial charge in [-0.05, 0) is 20.8 Å². The average Bonchev–Trinajstić information content (AvgIpc) is 1.99. The Morgan fingerprint density at radius 2 is 1.73 bits per heavy atom. The number of rotatable bonds is 6. The summed E-state index contributed by atoms with van der Waals surface area (Å²) in [6, 6.07) is 0. The maximum atomic E-state index is 11.2. The van der Waals surface area contributed by atoms with Crippen LogP contribution in [0.3, 0.4) is 0 Å². The van der Waals surface area contributed by atoms with E-state index >= 15 is 0 Å². The summed E-state index contributed by atoms with van der Waals surface area (Å²) in [5.74, 6) is 0.116. The van der Waals surface area contributed by atoms with E-state index in [9.17, 15) is 9.59 Å². The van der Waals surface area contributed by atoms with E-state index in [0.717, 1.165) is 0 Å². The van der Waals surface area contributed by atoms with Gasteiger partial charge < -0.3 is 9.84 Å². The van der Waals surface area contributed by atoms with E-state index in [1.54, 1.807) is 0 Å². The maximum Gasteiger partial charge on any atom is 0.307 e. The van der Waals surface area contributed by atoms with Crippen LogP contribution in [-0.4, -0.2) is 34.2 Å². The number of esters is 1. The molecule has 0 aliphatic carbocycles. The van der Waals surface area contributed by atoms with Crippen LogP contribution in [0.25, 0.3) is 0 Å². The largest absolute Gasteiger partial charge is 0.481 e. The third-order valence-corrected chi connectivity index (χ3v) is 2.32. The lowest BCUT2D eigenvalue weighted by Gasteiger charge is -2.19. The zero-order valence-corrected chi connectivity index (χ0v) is 10.2. The van der Waals surface area contributed by atoms with Crippen LogP contribution in [0.4, 0.5) is 0 Å². The minimum atomic E-state index is -0.806. The number of carbonyl (C=O) groups excluding carboxylic acids is 1. The van der Waals surface area contributed by atoms with Crippen LogP contribution in [0.5, 0.6) is 0 Å². The number of carboxylic acids is 1. The second kappa shape index (κ2) is 6.71.